The number of Topliss-reactive ketones (excluding diaryl/α,β-unsaturated/α-hetero) is 1. The van der Waals surface area contributed by atoms with Crippen molar-refractivity contribution in [1.29, 1.82) is 0 Å². The molecule has 6 heteroatoms. The number of nitrogens with one attached hydrogen (secondary N) is 1. The van der Waals surface area contributed by atoms with Crippen molar-refractivity contribution >= 4 is 11.7 Å². The van der Waals surface area contributed by atoms with Crippen LogP contribution in [-0.2, 0) is 14.3 Å². The molecule has 166 valence electrons. The van der Waals surface area contributed by atoms with E-state index >= 15 is 0 Å². The lowest BCUT2D eigenvalue weighted by molar-refractivity contribution is -0.121. The van der Waals surface area contributed by atoms with Gasteiger partial charge in [-0.2, -0.15) is 0 Å². The van der Waals surface area contributed by atoms with E-state index in [1.807, 2.05) is 27.7 Å². The van der Waals surface area contributed by atoms with Crippen molar-refractivity contribution < 1.29 is 19.1 Å². The third-order valence-electron chi connectivity index (χ3n) is 4.29. The number of carbonyl (C=O) groups excluding carboxylic acids is 2. The van der Waals surface area contributed by atoms with E-state index in [4.69, 9.17) is 9.47 Å². The predicted molar refractivity (Wildman–Crippen MR) is 117 cm³/mol. The van der Waals surface area contributed by atoms with Crippen LogP contribution >= 0.6 is 0 Å². The van der Waals surface area contributed by atoms with Gasteiger partial charge in [-0.15, -0.1) is 0 Å². The molecule has 1 saturated carbocycles. The summed E-state index contributed by atoms with van der Waals surface area (Å²) in [6.45, 7) is 11.7. The van der Waals surface area contributed by atoms with Gasteiger partial charge in [-0.25, -0.2) is 0 Å². The fourth-order valence-corrected chi connectivity index (χ4v) is 2.78. The maximum Gasteiger partial charge on any atom is 0.269 e. The molecule has 2 rings (SSSR count). The average Bonchev–Trinajstić information content (AvgIpc) is 2.76. The number of hydrogen-bond acceptors (Lipinski definition) is 5. The number of hydrogen-bond donors (Lipinski definition) is 1. The van der Waals surface area contributed by atoms with E-state index in [2.05, 4.69) is 10.3 Å². The Morgan fingerprint density at radius 1 is 1.10 bits per heavy atom. The number of ketones is 1. The molecule has 0 radical (unpaired) electrons. The summed E-state index contributed by atoms with van der Waals surface area (Å²) in [4.78, 5) is 26.3. The smallest absolute Gasteiger partial charge is 0.269 e. The lowest BCUT2D eigenvalue weighted by atomic mass is 9.87. The zero-order chi connectivity index (χ0) is 21.9. The quantitative estimate of drug-likeness (QED) is 0.612. The molecular formula is C23H40N2O4. The van der Waals surface area contributed by atoms with Crippen LogP contribution in [0.5, 0.6) is 0 Å². The molecular weight excluding hydrogens is 368 g/mol. The zero-order valence-electron chi connectivity index (χ0n) is 18.9. The van der Waals surface area contributed by atoms with Crippen LogP contribution in [0.2, 0.25) is 0 Å². The number of rotatable bonds is 9. The molecule has 0 aromatic carbocycles. The highest BCUT2D eigenvalue weighted by Crippen LogP contribution is 2.23. The Balaban J connectivity index is 0.000000595. The molecule has 0 aliphatic heterocycles. The minimum absolute atomic E-state index is 0.183. The van der Waals surface area contributed by atoms with Crippen molar-refractivity contribution in [2.24, 2.45) is 5.92 Å². The van der Waals surface area contributed by atoms with Gasteiger partial charge in [0.15, 0.2) is 0 Å². The number of nitrogens with zero attached hydrogens (tertiary/aromatic N) is 1. The van der Waals surface area contributed by atoms with Crippen molar-refractivity contribution in [3.8, 4) is 0 Å². The molecule has 1 fully saturated rings. The van der Waals surface area contributed by atoms with E-state index in [0.29, 0.717) is 43.8 Å². The van der Waals surface area contributed by atoms with E-state index in [9.17, 15) is 9.59 Å². The summed E-state index contributed by atoms with van der Waals surface area (Å²) >= 11 is 0. The van der Waals surface area contributed by atoms with Gasteiger partial charge in [0.1, 0.15) is 11.5 Å². The molecule has 29 heavy (non-hydrogen) atoms. The van der Waals surface area contributed by atoms with Crippen LogP contribution in [0.1, 0.15) is 77.2 Å². The molecule has 6 nitrogen and oxygen atoms in total. The van der Waals surface area contributed by atoms with Crippen LogP contribution in [-0.4, -0.2) is 49.1 Å². The van der Waals surface area contributed by atoms with E-state index in [-0.39, 0.29) is 12.0 Å². The molecule has 1 aliphatic carbocycles. The first-order valence-electron chi connectivity index (χ1n) is 10.9. The van der Waals surface area contributed by atoms with E-state index < -0.39 is 0 Å². The van der Waals surface area contributed by atoms with Gasteiger partial charge in [0.25, 0.3) is 5.91 Å². The van der Waals surface area contributed by atoms with Gasteiger partial charge < -0.3 is 14.8 Å². The molecule has 1 aliphatic rings. The zero-order valence-corrected chi connectivity index (χ0v) is 18.9. The first-order chi connectivity index (χ1) is 14.0. The fourth-order valence-electron chi connectivity index (χ4n) is 2.78. The van der Waals surface area contributed by atoms with E-state index in [1.54, 1.807) is 31.3 Å². The summed E-state index contributed by atoms with van der Waals surface area (Å²) in [7, 11) is 0. The maximum absolute atomic E-state index is 11.6. The summed E-state index contributed by atoms with van der Waals surface area (Å²) < 4.78 is 10.6. The van der Waals surface area contributed by atoms with Crippen molar-refractivity contribution in [3.63, 3.8) is 0 Å². The Morgan fingerprint density at radius 2 is 1.79 bits per heavy atom. The summed E-state index contributed by atoms with van der Waals surface area (Å²) in [5.74, 6) is 0.631. The second-order valence-corrected chi connectivity index (χ2v) is 6.95. The van der Waals surface area contributed by atoms with Crippen LogP contribution in [0, 0.1) is 5.92 Å². The van der Waals surface area contributed by atoms with Crippen molar-refractivity contribution in [2.75, 3.05) is 26.4 Å². The summed E-state index contributed by atoms with van der Waals surface area (Å²) in [6.07, 6.45) is 7.98. The van der Waals surface area contributed by atoms with Gasteiger partial charge in [-0.05, 0) is 45.7 Å². The van der Waals surface area contributed by atoms with E-state index in [1.165, 1.54) is 19.3 Å². The van der Waals surface area contributed by atoms with Crippen LogP contribution in [0.4, 0.5) is 0 Å². The number of amides is 1. The number of ether oxygens (including phenoxy) is 2. The monoisotopic (exact) mass is 408 g/mol. The molecule has 0 unspecified atom stereocenters. The Labute approximate surface area is 176 Å². The molecule has 0 spiro atoms. The second-order valence-electron chi connectivity index (χ2n) is 6.95. The largest absolute Gasteiger partial charge is 0.377 e. The maximum atomic E-state index is 11.6. The number of carbonyl (C=O) groups is 2. The van der Waals surface area contributed by atoms with Crippen molar-refractivity contribution in [3.05, 3.63) is 30.1 Å². The molecule has 1 amide bonds. The second kappa shape index (κ2) is 18.3. The summed E-state index contributed by atoms with van der Waals surface area (Å²) in [6, 6.07) is 5.23. The Kier molecular flexibility index (Phi) is 17.1. The Bertz CT molecular complexity index is 529. The van der Waals surface area contributed by atoms with E-state index in [0.717, 1.165) is 12.8 Å². The molecule has 0 saturated heterocycles. The molecule has 1 heterocycles. The van der Waals surface area contributed by atoms with Crippen LogP contribution in [0.15, 0.2) is 24.4 Å². The fraction of sp³-hybridized carbons (Fsp3) is 0.696. The lowest BCUT2D eigenvalue weighted by Crippen LogP contribution is -2.28. The highest BCUT2D eigenvalue weighted by atomic mass is 16.5. The Morgan fingerprint density at radius 3 is 2.31 bits per heavy atom. The van der Waals surface area contributed by atoms with Gasteiger partial charge >= 0.3 is 0 Å². The van der Waals surface area contributed by atoms with Crippen LogP contribution in [0.3, 0.4) is 0 Å². The third kappa shape index (κ3) is 14.8. The molecule has 1 aromatic heterocycles. The first kappa shape index (κ1) is 27.2. The van der Waals surface area contributed by atoms with Crippen molar-refractivity contribution in [2.45, 2.75) is 72.8 Å². The average molecular weight is 409 g/mol. The highest BCUT2D eigenvalue weighted by Gasteiger charge is 2.16. The number of aromatic nitrogens is 1. The number of pyridine rings is 1. The highest BCUT2D eigenvalue weighted by molar-refractivity contribution is 5.92. The van der Waals surface area contributed by atoms with Crippen LogP contribution < -0.4 is 5.32 Å². The minimum Gasteiger partial charge on any atom is -0.377 e. The molecule has 0 bridgehead atoms. The normalized spacial score (nSPS) is 13.6. The molecule has 1 aromatic rings. The molecule has 1 N–H and O–H groups in total. The van der Waals surface area contributed by atoms with Gasteiger partial charge in [-0.3, -0.25) is 14.6 Å². The summed E-state index contributed by atoms with van der Waals surface area (Å²) in [5, 5.41) is 2.73. The first-order valence-corrected chi connectivity index (χ1v) is 10.9. The lowest BCUT2D eigenvalue weighted by Gasteiger charge is -2.17. The standard InChI is InChI=1S/C13H20N2O3.C8H14O.C2H6/c1-11(2)18-10-9-17-8-7-15-13(16)12-5-3-4-6-14-12;1-7(9)8-5-3-2-4-6-8;1-2/h3-6,11H,7-10H2,1-2H3,(H,15,16);8H,2-6H2,1H3;1-2H3. The van der Waals surface area contributed by atoms with Crippen molar-refractivity contribution in [1.82, 2.24) is 10.3 Å². The van der Waals surface area contributed by atoms with Gasteiger partial charge in [0.05, 0.1) is 25.9 Å². The topological polar surface area (TPSA) is 77.5 Å². The minimum atomic E-state index is -0.183. The Hall–Kier alpha value is -1.79. The summed E-state index contributed by atoms with van der Waals surface area (Å²) in [5.41, 5.74) is 0.417. The van der Waals surface area contributed by atoms with Gasteiger partial charge in [0, 0.05) is 18.7 Å². The van der Waals surface area contributed by atoms with Gasteiger partial charge in [-0.1, -0.05) is 39.2 Å². The molecule has 0 atom stereocenters. The SMILES string of the molecule is CC.CC(=O)C1CCCCC1.CC(C)OCCOCCNC(=O)c1ccccn1. The third-order valence-corrected chi connectivity index (χ3v) is 4.29. The van der Waals surface area contributed by atoms with Crippen LogP contribution in [0.25, 0.3) is 0 Å². The predicted octanol–water partition coefficient (Wildman–Crippen LogP) is 4.43. The van der Waals surface area contributed by atoms with Gasteiger partial charge in [0.2, 0.25) is 0 Å².